The van der Waals surface area contributed by atoms with E-state index in [9.17, 15) is 19.8 Å². The van der Waals surface area contributed by atoms with E-state index >= 15 is 0 Å². The van der Waals surface area contributed by atoms with Gasteiger partial charge in [-0.05, 0) is 17.7 Å². The van der Waals surface area contributed by atoms with Gasteiger partial charge in [-0.1, -0.05) is 6.07 Å². The second kappa shape index (κ2) is 6.62. The van der Waals surface area contributed by atoms with Crippen LogP contribution < -0.4 is 10.7 Å². The number of amides is 2. The van der Waals surface area contributed by atoms with Crippen LogP contribution in [0.15, 0.2) is 18.2 Å². The van der Waals surface area contributed by atoms with Crippen molar-refractivity contribution in [2.24, 2.45) is 0 Å². The summed E-state index contributed by atoms with van der Waals surface area (Å²) in [7, 11) is 3.18. The normalized spacial score (nSPS) is 11.9. The van der Waals surface area contributed by atoms with Crippen LogP contribution in [0.3, 0.4) is 0 Å². The summed E-state index contributed by atoms with van der Waals surface area (Å²) in [6, 6.07) is 2.17. The van der Waals surface area contributed by atoms with Crippen molar-refractivity contribution in [3.05, 3.63) is 23.8 Å². The predicted octanol–water partition coefficient (Wildman–Crippen LogP) is -0.131. The van der Waals surface area contributed by atoms with Gasteiger partial charge in [0.15, 0.2) is 11.5 Å². The summed E-state index contributed by atoms with van der Waals surface area (Å²) in [6.45, 7) is 0. The van der Waals surface area contributed by atoms with Gasteiger partial charge in [-0.25, -0.2) is 14.6 Å². The number of nitrogens with zero attached hydrogens (tertiary/aromatic N) is 1. The van der Waals surface area contributed by atoms with E-state index in [1.807, 2.05) is 0 Å². The number of carbonyl (C=O) groups is 2. The zero-order valence-corrected chi connectivity index (χ0v) is 11.1. The maximum Gasteiger partial charge on any atom is 0.330 e. The Morgan fingerprint density at radius 1 is 1.25 bits per heavy atom. The monoisotopic (exact) mass is 283 g/mol. The number of phenols is 2. The third kappa shape index (κ3) is 4.65. The van der Waals surface area contributed by atoms with Crippen LogP contribution >= 0.6 is 0 Å². The van der Waals surface area contributed by atoms with Gasteiger partial charge in [0.1, 0.15) is 6.04 Å². The summed E-state index contributed by atoms with van der Waals surface area (Å²) in [5.74, 6) is -1.84. The number of carbonyl (C=O) groups excluding carboxylic acids is 1. The van der Waals surface area contributed by atoms with Gasteiger partial charge in [0, 0.05) is 20.5 Å². The molecule has 0 aliphatic heterocycles. The Morgan fingerprint density at radius 2 is 1.90 bits per heavy atom. The second-order valence-electron chi connectivity index (χ2n) is 4.40. The van der Waals surface area contributed by atoms with Crippen molar-refractivity contribution in [1.29, 1.82) is 0 Å². The highest BCUT2D eigenvalue weighted by Crippen LogP contribution is 2.25. The molecule has 0 aromatic heterocycles. The SMILES string of the molecule is CN(C)NC(=O)NC(Cc1ccc(O)c(O)c1)C(=O)O. The number of carboxylic acid groups (broad SMARTS) is 1. The maximum absolute atomic E-state index is 11.5. The molecule has 1 rings (SSSR count). The van der Waals surface area contributed by atoms with Crippen LogP contribution in [-0.4, -0.2) is 52.5 Å². The second-order valence-corrected chi connectivity index (χ2v) is 4.40. The first-order valence-corrected chi connectivity index (χ1v) is 5.77. The van der Waals surface area contributed by atoms with Gasteiger partial charge >= 0.3 is 12.0 Å². The van der Waals surface area contributed by atoms with Crippen molar-refractivity contribution in [2.75, 3.05) is 14.1 Å². The van der Waals surface area contributed by atoms with E-state index in [2.05, 4.69) is 10.7 Å². The minimum atomic E-state index is -1.20. The van der Waals surface area contributed by atoms with Gasteiger partial charge < -0.3 is 20.6 Å². The van der Waals surface area contributed by atoms with Gasteiger partial charge in [-0.15, -0.1) is 0 Å². The zero-order chi connectivity index (χ0) is 15.3. The molecule has 0 aliphatic carbocycles. The minimum absolute atomic E-state index is 0.0238. The molecule has 0 fully saturated rings. The van der Waals surface area contributed by atoms with E-state index in [0.717, 1.165) is 0 Å². The Morgan fingerprint density at radius 3 is 2.40 bits per heavy atom. The fraction of sp³-hybridized carbons (Fsp3) is 0.333. The lowest BCUT2D eigenvalue weighted by atomic mass is 10.1. The number of hydrazine groups is 1. The van der Waals surface area contributed by atoms with Crippen LogP contribution in [0.1, 0.15) is 5.56 Å². The van der Waals surface area contributed by atoms with Crippen LogP contribution in [-0.2, 0) is 11.2 Å². The van der Waals surface area contributed by atoms with E-state index in [-0.39, 0.29) is 17.9 Å². The lowest BCUT2D eigenvalue weighted by molar-refractivity contribution is -0.139. The molecule has 0 bridgehead atoms. The third-order valence-electron chi connectivity index (χ3n) is 2.41. The van der Waals surface area contributed by atoms with E-state index in [1.54, 1.807) is 14.1 Å². The number of phenolic OH excluding ortho intramolecular Hbond substituents is 2. The smallest absolute Gasteiger partial charge is 0.330 e. The molecule has 1 aromatic rings. The first kappa shape index (κ1) is 15.6. The first-order chi connectivity index (χ1) is 9.29. The maximum atomic E-state index is 11.5. The van der Waals surface area contributed by atoms with Gasteiger partial charge in [-0.2, -0.15) is 0 Å². The van der Waals surface area contributed by atoms with Gasteiger partial charge in [-0.3, -0.25) is 5.43 Å². The molecule has 0 saturated heterocycles. The molecule has 8 heteroatoms. The van der Waals surface area contributed by atoms with E-state index in [4.69, 9.17) is 5.11 Å². The van der Waals surface area contributed by atoms with Crippen molar-refractivity contribution in [3.63, 3.8) is 0 Å². The molecule has 0 spiro atoms. The summed E-state index contributed by atoms with van der Waals surface area (Å²) < 4.78 is 0. The molecule has 0 heterocycles. The Bertz CT molecular complexity index is 504. The van der Waals surface area contributed by atoms with E-state index < -0.39 is 18.0 Å². The molecule has 1 unspecified atom stereocenters. The van der Waals surface area contributed by atoms with Crippen LogP contribution in [0.4, 0.5) is 4.79 Å². The Balaban J connectivity index is 2.74. The van der Waals surface area contributed by atoms with Crippen LogP contribution in [0.2, 0.25) is 0 Å². The standard InChI is InChI=1S/C12H17N3O5/c1-15(2)14-12(20)13-8(11(18)19)5-7-3-4-9(16)10(17)6-7/h3-4,6,8,16-17H,5H2,1-2H3,(H,18,19)(H2,13,14,20). The average Bonchev–Trinajstić information content (AvgIpc) is 2.31. The van der Waals surface area contributed by atoms with Gasteiger partial charge in [0.2, 0.25) is 0 Å². The molecule has 2 amide bonds. The largest absolute Gasteiger partial charge is 0.504 e. The molecule has 110 valence electrons. The fourth-order valence-electron chi connectivity index (χ4n) is 1.53. The van der Waals surface area contributed by atoms with Crippen LogP contribution in [0, 0.1) is 0 Å². The summed E-state index contributed by atoms with van der Waals surface area (Å²) >= 11 is 0. The molecule has 0 saturated carbocycles. The molecule has 20 heavy (non-hydrogen) atoms. The highest BCUT2D eigenvalue weighted by atomic mass is 16.4. The van der Waals surface area contributed by atoms with Crippen molar-refractivity contribution >= 4 is 12.0 Å². The lowest BCUT2D eigenvalue weighted by Crippen LogP contribution is -2.50. The minimum Gasteiger partial charge on any atom is -0.504 e. The predicted molar refractivity (Wildman–Crippen MR) is 70.3 cm³/mol. The molecule has 8 nitrogen and oxygen atoms in total. The summed E-state index contributed by atoms with van der Waals surface area (Å²) in [4.78, 5) is 22.6. The van der Waals surface area contributed by atoms with Crippen molar-refractivity contribution in [3.8, 4) is 11.5 Å². The Labute approximate surface area is 115 Å². The summed E-state index contributed by atoms with van der Waals surface area (Å²) in [5.41, 5.74) is 2.84. The number of hydrogen-bond donors (Lipinski definition) is 5. The molecular formula is C12H17N3O5. The molecule has 1 atom stereocenters. The number of urea groups is 1. The van der Waals surface area contributed by atoms with Gasteiger partial charge in [0.25, 0.3) is 0 Å². The number of nitrogens with one attached hydrogen (secondary N) is 2. The topological polar surface area (TPSA) is 122 Å². The van der Waals surface area contributed by atoms with Crippen molar-refractivity contribution in [2.45, 2.75) is 12.5 Å². The molecular weight excluding hydrogens is 266 g/mol. The number of benzene rings is 1. The van der Waals surface area contributed by atoms with Gasteiger partial charge in [0.05, 0.1) is 0 Å². The summed E-state index contributed by atoms with van der Waals surface area (Å²) in [5, 5.41) is 31.3. The lowest BCUT2D eigenvalue weighted by Gasteiger charge is -2.18. The Hall–Kier alpha value is -2.48. The van der Waals surface area contributed by atoms with E-state index in [0.29, 0.717) is 5.56 Å². The molecule has 0 aliphatic rings. The quantitative estimate of drug-likeness (QED) is 0.379. The summed E-state index contributed by atoms with van der Waals surface area (Å²) in [6.07, 6.45) is -0.0238. The van der Waals surface area contributed by atoms with Crippen LogP contribution in [0.5, 0.6) is 11.5 Å². The van der Waals surface area contributed by atoms with Crippen LogP contribution in [0.25, 0.3) is 0 Å². The molecule has 1 aromatic carbocycles. The average molecular weight is 283 g/mol. The van der Waals surface area contributed by atoms with Crippen molar-refractivity contribution < 1.29 is 24.9 Å². The number of aliphatic carboxylic acids is 1. The third-order valence-corrected chi connectivity index (χ3v) is 2.41. The first-order valence-electron chi connectivity index (χ1n) is 5.77. The van der Waals surface area contributed by atoms with E-state index in [1.165, 1.54) is 23.2 Å². The number of aromatic hydroxyl groups is 2. The zero-order valence-electron chi connectivity index (χ0n) is 11.1. The number of hydrogen-bond acceptors (Lipinski definition) is 5. The highest BCUT2D eigenvalue weighted by Gasteiger charge is 2.21. The Kier molecular flexibility index (Phi) is 5.15. The number of carboxylic acids is 1. The molecule has 0 radical (unpaired) electrons. The highest BCUT2D eigenvalue weighted by molar-refractivity contribution is 5.82. The fourth-order valence-corrected chi connectivity index (χ4v) is 1.53. The van der Waals surface area contributed by atoms with Crippen molar-refractivity contribution in [1.82, 2.24) is 15.8 Å². The number of rotatable bonds is 5. The molecule has 5 N–H and O–H groups in total.